The molecule has 1 heterocycles. The van der Waals surface area contributed by atoms with Gasteiger partial charge < -0.3 is 5.73 Å². The van der Waals surface area contributed by atoms with Gasteiger partial charge in [-0.25, -0.2) is 13.5 Å². The molecule has 0 saturated heterocycles. The quantitative estimate of drug-likeness (QED) is 0.703. The summed E-state index contributed by atoms with van der Waals surface area (Å²) >= 11 is 0. The maximum Gasteiger partial charge on any atom is 0.326 e. The van der Waals surface area contributed by atoms with E-state index in [0.717, 1.165) is 0 Å². The number of rotatable bonds is 3. The van der Waals surface area contributed by atoms with E-state index in [1.165, 1.54) is 0 Å². The number of aromatic nitrogens is 4. The summed E-state index contributed by atoms with van der Waals surface area (Å²) in [4.78, 5) is 0. The van der Waals surface area contributed by atoms with Crippen LogP contribution in [-0.2, 0) is 6.54 Å². The van der Waals surface area contributed by atoms with Crippen LogP contribution in [0.4, 0.5) is 23.5 Å². The number of nitrogens with two attached hydrogens (primary N) is 1. The fraction of sp³-hybridized carbons (Fsp3) is 0.750. The molecule has 0 aliphatic carbocycles. The molecule has 0 fully saturated rings. The van der Waals surface area contributed by atoms with Crippen LogP contribution in [0.25, 0.3) is 0 Å². The average Bonchev–Trinajstić information content (AvgIpc) is 2.35. The summed E-state index contributed by atoms with van der Waals surface area (Å²) in [5, 5.41) is 8.99. The Morgan fingerprint density at radius 1 is 1.46 bits per heavy atom. The molecule has 13 heavy (non-hydrogen) atoms. The first-order chi connectivity index (χ1) is 5.93. The van der Waals surface area contributed by atoms with Gasteiger partial charge >= 0.3 is 12.3 Å². The minimum Gasteiger partial charge on any atom is -0.367 e. The first-order valence-electron chi connectivity index (χ1n) is 3.11. The van der Waals surface area contributed by atoms with Crippen LogP contribution in [0.5, 0.6) is 0 Å². The van der Waals surface area contributed by atoms with Crippen LogP contribution in [0.2, 0.25) is 0 Å². The molecule has 5 nitrogen and oxygen atoms in total. The number of nitrogens with zero attached hydrogens (tertiary/aromatic N) is 4. The number of nitrogen functional groups attached to an aromatic ring is 1. The first kappa shape index (κ1) is 9.68. The second-order valence-corrected chi connectivity index (χ2v) is 2.26. The molecule has 74 valence electrons. The molecule has 0 radical (unpaired) electrons. The number of hydrogen-bond acceptors (Lipinski definition) is 4. The van der Waals surface area contributed by atoms with Crippen molar-refractivity contribution in [1.29, 1.82) is 0 Å². The van der Waals surface area contributed by atoms with E-state index in [2.05, 4.69) is 15.5 Å². The molecule has 1 aromatic rings. The standard InChI is InChI=1S/C4H5F4N5/c5-2(6)4(7,8)1-13-3(9)10-11-12-13/h2H,1H2,(H2,9,10,12). The third kappa shape index (κ3) is 2.04. The van der Waals surface area contributed by atoms with Crippen molar-refractivity contribution < 1.29 is 17.6 Å². The highest BCUT2D eigenvalue weighted by atomic mass is 19.3. The van der Waals surface area contributed by atoms with Gasteiger partial charge in [0.05, 0.1) is 0 Å². The molecule has 0 aliphatic rings. The summed E-state index contributed by atoms with van der Waals surface area (Å²) < 4.78 is 48.5. The van der Waals surface area contributed by atoms with Crippen molar-refractivity contribution in [2.24, 2.45) is 0 Å². The van der Waals surface area contributed by atoms with Crippen LogP contribution in [0.1, 0.15) is 0 Å². The van der Waals surface area contributed by atoms with Crippen LogP contribution < -0.4 is 5.73 Å². The SMILES string of the molecule is Nc1nnnn1CC(F)(F)C(F)F. The molecule has 0 saturated carbocycles. The number of tetrazole rings is 1. The van der Waals surface area contributed by atoms with Gasteiger partial charge in [0, 0.05) is 0 Å². The Hall–Kier alpha value is -1.41. The zero-order valence-corrected chi connectivity index (χ0v) is 6.16. The van der Waals surface area contributed by atoms with E-state index in [1.807, 2.05) is 0 Å². The predicted octanol–water partition coefficient (Wildman–Crippen LogP) is 0.156. The van der Waals surface area contributed by atoms with Gasteiger partial charge in [0.2, 0.25) is 5.95 Å². The second-order valence-electron chi connectivity index (χ2n) is 2.26. The van der Waals surface area contributed by atoms with Crippen molar-refractivity contribution in [3.8, 4) is 0 Å². The molecule has 1 aromatic heterocycles. The molecular weight excluding hydrogens is 194 g/mol. The lowest BCUT2D eigenvalue weighted by Crippen LogP contribution is -2.33. The minimum atomic E-state index is -4.18. The van der Waals surface area contributed by atoms with Crippen LogP contribution in [-0.4, -0.2) is 32.6 Å². The molecule has 2 N–H and O–H groups in total. The molecule has 9 heteroatoms. The summed E-state index contributed by atoms with van der Waals surface area (Å²) in [6.45, 7) is -1.33. The van der Waals surface area contributed by atoms with Gasteiger partial charge in [-0.15, -0.1) is 0 Å². The van der Waals surface area contributed by atoms with Gasteiger partial charge in [-0.1, -0.05) is 5.10 Å². The Kier molecular flexibility index (Phi) is 2.34. The zero-order valence-electron chi connectivity index (χ0n) is 6.16. The number of hydrogen-bond donors (Lipinski definition) is 1. The Bertz CT molecular complexity index is 284. The van der Waals surface area contributed by atoms with Crippen molar-refractivity contribution in [2.75, 3.05) is 5.73 Å². The molecule has 0 atom stereocenters. The summed E-state index contributed by atoms with van der Waals surface area (Å²) in [5.41, 5.74) is 5.00. The van der Waals surface area contributed by atoms with Gasteiger partial charge in [-0.3, -0.25) is 0 Å². The monoisotopic (exact) mass is 199 g/mol. The molecule has 0 aliphatic heterocycles. The highest BCUT2D eigenvalue weighted by Crippen LogP contribution is 2.24. The van der Waals surface area contributed by atoms with E-state index in [1.54, 1.807) is 0 Å². The number of anilines is 1. The van der Waals surface area contributed by atoms with Crippen LogP contribution in [0.15, 0.2) is 0 Å². The smallest absolute Gasteiger partial charge is 0.326 e. The Morgan fingerprint density at radius 2 is 2.08 bits per heavy atom. The van der Waals surface area contributed by atoms with E-state index in [0.29, 0.717) is 4.68 Å². The van der Waals surface area contributed by atoms with Gasteiger partial charge in [-0.2, -0.15) is 8.78 Å². The molecule has 0 amide bonds. The maximum atomic E-state index is 12.4. The van der Waals surface area contributed by atoms with Gasteiger partial charge in [0.25, 0.3) is 0 Å². The first-order valence-corrected chi connectivity index (χ1v) is 3.11. The van der Waals surface area contributed by atoms with Crippen LogP contribution >= 0.6 is 0 Å². The van der Waals surface area contributed by atoms with Crippen LogP contribution in [0, 0.1) is 0 Å². The normalized spacial score (nSPS) is 12.4. The van der Waals surface area contributed by atoms with Crippen molar-refractivity contribution in [3.05, 3.63) is 0 Å². The Labute approximate surface area is 69.5 Å². The maximum absolute atomic E-state index is 12.4. The van der Waals surface area contributed by atoms with E-state index >= 15 is 0 Å². The summed E-state index contributed by atoms with van der Waals surface area (Å²) in [6, 6.07) is 0. The molecular formula is C4H5F4N5. The lowest BCUT2D eigenvalue weighted by molar-refractivity contribution is -0.139. The van der Waals surface area contributed by atoms with Crippen molar-refractivity contribution in [3.63, 3.8) is 0 Å². The zero-order chi connectivity index (χ0) is 10.1. The van der Waals surface area contributed by atoms with E-state index in [-0.39, 0.29) is 0 Å². The number of alkyl halides is 4. The highest BCUT2D eigenvalue weighted by Gasteiger charge is 2.42. The largest absolute Gasteiger partial charge is 0.367 e. The van der Waals surface area contributed by atoms with Gasteiger partial charge in [0.15, 0.2) is 0 Å². The topological polar surface area (TPSA) is 69.6 Å². The van der Waals surface area contributed by atoms with Crippen molar-refractivity contribution in [2.45, 2.75) is 18.9 Å². The molecule has 0 bridgehead atoms. The number of halogens is 4. The second kappa shape index (κ2) is 3.15. The molecule has 1 rings (SSSR count). The predicted molar refractivity (Wildman–Crippen MR) is 33.2 cm³/mol. The van der Waals surface area contributed by atoms with Gasteiger partial charge in [-0.05, 0) is 10.4 Å². The van der Waals surface area contributed by atoms with E-state index < -0.39 is 24.8 Å². The molecule has 0 spiro atoms. The third-order valence-corrected chi connectivity index (χ3v) is 1.24. The van der Waals surface area contributed by atoms with Crippen LogP contribution in [0.3, 0.4) is 0 Å². The fourth-order valence-electron chi connectivity index (χ4n) is 0.593. The van der Waals surface area contributed by atoms with Crippen molar-refractivity contribution in [1.82, 2.24) is 20.2 Å². The summed E-state index contributed by atoms with van der Waals surface area (Å²) in [6.07, 6.45) is -3.77. The minimum absolute atomic E-state index is 0.409. The molecule has 0 aromatic carbocycles. The third-order valence-electron chi connectivity index (χ3n) is 1.24. The van der Waals surface area contributed by atoms with E-state index in [9.17, 15) is 17.6 Å². The van der Waals surface area contributed by atoms with E-state index in [4.69, 9.17) is 5.73 Å². The highest BCUT2D eigenvalue weighted by molar-refractivity contribution is 5.10. The lowest BCUT2D eigenvalue weighted by atomic mass is 10.3. The Morgan fingerprint density at radius 3 is 2.46 bits per heavy atom. The molecule has 0 unspecified atom stereocenters. The van der Waals surface area contributed by atoms with Gasteiger partial charge in [0.1, 0.15) is 6.54 Å². The Balaban J connectivity index is 2.74. The summed E-state index contributed by atoms with van der Waals surface area (Å²) in [7, 11) is 0. The van der Waals surface area contributed by atoms with Crippen molar-refractivity contribution >= 4 is 5.95 Å². The fourth-order valence-corrected chi connectivity index (χ4v) is 0.593. The lowest BCUT2D eigenvalue weighted by Gasteiger charge is -2.14. The average molecular weight is 199 g/mol. The summed E-state index contributed by atoms with van der Waals surface area (Å²) in [5.74, 6) is -4.61.